The molecule has 1 N–H and O–H groups in total. The number of hydrogen-bond donors (Lipinski definition) is 1. The number of halogens is 1. The number of hydrogen-bond acceptors (Lipinski definition) is 3. The van der Waals surface area contributed by atoms with Crippen molar-refractivity contribution >= 4 is 15.9 Å². The Kier molecular flexibility index (Phi) is 5.65. The van der Waals surface area contributed by atoms with E-state index in [0.717, 1.165) is 28.1 Å². The van der Waals surface area contributed by atoms with Gasteiger partial charge in [0.1, 0.15) is 11.5 Å². The van der Waals surface area contributed by atoms with Crippen molar-refractivity contribution in [2.75, 3.05) is 14.2 Å². The summed E-state index contributed by atoms with van der Waals surface area (Å²) in [6.45, 7) is 2.90. The third-order valence-electron chi connectivity index (χ3n) is 3.40. The highest BCUT2D eigenvalue weighted by Crippen LogP contribution is 2.25. The maximum absolute atomic E-state index is 5.29. The van der Waals surface area contributed by atoms with E-state index in [4.69, 9.17) is 9.47 Å². The number of ether oxygens (including phenoxy) is 2. The molecular formula is C17H20BrNO2. The van der Waals surface area contributed by atoms with Crippen LogP contribution in [0.15, 0.2) is 46.9 Å². The zero-order valence-electron chi connectivity index (χ0n) is 12.5. The monoisotopic (exact) mass is 349 g/mol. The molecule has 3 nitrogen and oxygen atoms in total. The summed E-state index contributed by atoms with van der Waals surface area (Å²) in [5.74, 6) is 1.61. The fourth-order valence-electron chi connectivity index (χ4n) is 2.18. The van der Waals surface area contributed by atoms with Crippen molar-refractivity contribution in [2.45, 2.75) is 19.5 Å². The van der Waals surface area contributed by atoms with Gasteiger partial charge in [-0.2, -0.15) is 0 Å². The third-order valence-corrected chi connectivity index (χ3v) is 4.12. The van der Waals surface area contributed by atoms with Crippen molar-refractivity contribution in [3.8, 4) is 11.5 Å². The van der Waals surface area contributed by atoms with Crippen LogP contribution in [-0.2, 0) is 6.54 Å². The first-order valence-corrected chi connectivity index (χ1v) is 7.63. The van der Waals surface area contributed by atoms with E-state index in [2.05, 4.69) is 40.3 Å². The van der Waals surface area contributed by atoms with E-state index in [1.54, 1.807) is 14.2 Å². The van der Waals surface area contributed by atoms with Gasteiger partial charge in [-0.15, -0.1) is 0 Å². The molecule has 2 aromatic rings. The second kappa shape index (κ2) is 7.48. The smallest absolute Gasteiger partial charge is 0.122 e. The van der Waals surface area contributed by atoms with Gasteiger partial charge >= 0.3 is 0 Å². The quantitative estimate of drug-likeness (QED) is 0.842. The average molecular weight is 350 g/mol. The molecule has 0 aliphatic carbocycles. The first kappa shape index (κ1) is 15.9. The van der Waals surface area contributed by atoms with Gasteiger partial charge in [-0.05, 0) is 36.2 Å². The topological polar surface area (TPSA) is 30.5 Å². The Morgan fingerprint density at radius 1 is 1.05 bits per heavy atom. The van der Waals surface area contributed by atoms with Crippen LogP contribution in [0.5, 0.6) is 11.5 Å². The highest BCUT2D eigenvalue weighted by Gasteiger charge is 2.09. The van der Waals surface area contributed by atoms with Crippen LogP contribution in [0.1, 0.15) is 24.1 Å². The summed E-state index contributed by atoms with van der Waals surface area (Å²) in [6.07, 6.45) is 0. The molecule has 0 radical (unpaired) electrons. The number of nitrogens with one attached hydrogen (secondary N) is 1. The van der Waals surface area contributed by atoms with Crippen LogP contribution in [-0.4, -0.2) is 14.2 Å². The molecular weight excluding hydrogens is 330 g/mol. The Balaban J connectivity index is 2.07. The van der Waals surface area contributed by atoms with Gasteiger partial charge in [0.05, 0.1) is 14.2 Å². The van der Waals surface area contributed by atoms with E-state index in [1.807, 2.05) is 30.3 Å². The summed E-state index contributed by atoms with van der Waals surface area (Å²) in [7, 11) is 3.32. The fourth-order valence-corrected chi connectivity index (χ4v) is 2.80. The van der Waals surface area contributed by atoms with E-state index in [0.29, 0.717) is 0 Å². The molecule has 0 saturated heterocycles. The molecule has 0 bridgehead atoms. The zero-order chi connectivity index (χ0) is 15.2. The summed E-state index contributed by atoms with van der Waals surface area (Å²) >= 11 is 3.59. The molecule has 0 spiro atoms. The van der Waals surface area contributed by atoms with Gasteiger partial charge in [-0.1, -0.05) is 34.1 Å². The first-order chi connectivity index (χ1) is 10.1. The minimum absolute atomic E-state index is 0.248. The molecule has 1 atom stereocenters. The van der Waals surface area contributed by atoms with Crippen LogP contribution in [0.3, 0.4) is 0 Å². The lowest BCUT2D eigenvalue weighted by molar-refractivity contribution is 0.392. The summed E-state index contributed by atoms with van der Waals surface area (Å²) < 4.78 is 11.7. The SMILES string of the molecule is COc1cc(CNC(C)c2ccccc2Br)cc(OC)c1. The lowest BCUT2D eigenvalue weighted by atomic mass is 10.1. The van der Waals surface area contributed by atoms with Crippen molar-refractivity contribution in [3.05, 3.63) is 58.1 Å². The van der Waals surface area contributed by atoms with Crippen LogP contribution in [0.25, 0.3) is 0 Å². The zero-order valence-corrected chi connectivity index (χ0v) is 14.1. The molecule has 0 fully saturated rings. The number of rotatable bonds is 6. The Labute approximate surface area is 134 Å². The lowest BCUT2D eigenvalue weighted by Crippen LogP contribution is -2.18. The lowest BCUT2D eigenvalue weighted by Gasteiger charge is -2.16. The molecule has 0 aliphatic rings. The summed E-state index contributed by atoms with van der Waals surface area (Å²) in [5, 5.41) is 3.52. The second-order valence-electron chi connectivity index (χ2n) is 4.85. The third kappa shape index (κ3) is 4.22. The predicted molar refractivity (Wildman–Crippen MR) is 88.9 cm³/mol. The minimum atomic E-state index is 0.248. The Morgan fingerprint density at radius 2 is 1.67 bits per heavy atom. The van der Waals surface area contributed by atoms with Gasteiger partial charge < -0.3 is 14.8 Å². The maximum atomic E-state index is 5.29. The van der Waals surface area contributed by atoms with Gasteiger partial charge in [-0.3, -0.25) is 0 Å². The summed E-state index contributed by atoms with van der Waals surface area (Å²) in [4.78, 5) is 0. The Hall–Kier alpha value is -1.52. The second-order valence-corrected chi connectivity index (χ2v) is 5.70. The van der Waals surface area contributed by atoms with Crippen LogP contribution < -0.4 is 14.8 Å². The van der Waals surface area contributed by atoms with Crippen molar-refractivity contribution in [3.63, 3.8) is 0 Å². The van der Waals surface area contributed by atoms with Crippen molar-refractivity contribution in [1.29, 1.82) is 0 Å². The van der Waals surface area contributed by atoms with E-state index >= 15 is 0 Å². The molecule has 0 aromatic heterocycles. The van der Waals surface area contributed by atoms with Crippen LogP contribution in [0.2, 0.25) is 0 Å². The predicted octanol–water partition coefficient (Wildman–Crippen LogP) is 4.32. The van der Waals surface area contributed by atoms with Gasteiger partial charge in [0, 0.05) is 23.1 Å². The highest BCUT2D eigenvalue weighted by atomic mass is 79.9. The van der Waals surface area contributed by atoms with E-state index in [-0.39, 0.29) is 6.04 Å². The van der Waals surface area contributed by atoms with E-state index < -0.39 is 0 Å². The van der Waals surface area contributed by atoms with Crippen molar-refractivity contribution in [1.82, 2.24) is 5.32 Å². The van der Waals surface area contributed by atoms with Crippen LogP contribution in [0.4, 0.5) is 0 Å². The normalized spacial score (nSPS) is 12.0. The molecule has 2 rings (SSSR count). The van der Waals surface area contributed by atoms with Gasteiger partial charge in [0.2, 0.25) is 0 Å². The average Bonchev–Trinajstić information content (AvgIpc) is 2.52. The summed E-state index contributed by atoms with van der Waals surface area (Å²) in [6, 6.07) is 14.4. The minimum Gasteiger partial charge on any atom is -0.497 e. The van der Waals surface area contributed by atoms with Gasteiger partial charge in [-0.25, -0.2) is 0 Å². The van der Waals surface area contributed by atoms with Crippen LogP contribution >= 0.6 is 15.9 Å². The molecule has 2 aromatic carbocycles. The standard InChI is InChI=1S/C17H20BrNO2/c1-12(16-6-4-5-7-17(16)18)19-11-13-8-14(20-2)10-15(9-13)21-3/h4-10,12,19H,11H2,1-3H3. The van der Waals surface area contributed by atoms with Crippen molar-refractivity contribution in [2.24, 2.45) is 0 Å². The highest BCUT2D eigenvalue weighted by molar-refractivity contribution is 9.10. The van der Waals surface area contributed by atoms with Crippen LogP contribution in [0, 0.1) is 0 Å². The molecule has 112 valence electrons. The molecule has 0 saturated carbocycles. The van der Waals surface area contributed by atoms with Gasteiger partial charge in [0.15, 0.2) is 0 Å². The molecule has 0 aliphatic heterocycles. The molecule has 0 amide bonds. The molecule has 1 unspecified atom stereocenters. The number of methoxy groups -OCH3 is 2. The van der Waals surface area contributed by atoms with E-state index in [1.165, 1.54) is 5.56 Å². The fraction of sp³-hybridized carbons (Fsp3) is 0.294. The maximum Gasteiger partial charge on any atom is 0.122 e. The molecule has 4 heteroatoms. The summed E-state index contributed by atoms with van der Waals surface area (Å²) in [5.41, 5.74) is 2.37. The largest absolute Gasteiger partial charge is 0.497 e. The van der Waals surface area contributed by atoms with E-state index in [9.17, 15) is 0 Å². The first-order valence-electron chi connectivity index (χ1n) is 6.83. The molecule has 0 heterocycles. The Bertz CT molecular complexity index is 579. The Morgan fingerprint density at radius 3 is 2.24 bits per heavy atom. The molecule has 21 heavy (non-hydrogen) atoms. The van der Waals surface area contributed by atoms with Gasteiger partial charge in [0.25, 0.3) is 0 Å². The number of benzene rings is 2. The van der Waals surface area contributed by atoms with Crippen molar-refractivity contribution < 1.29 is 9.47 Å².